The number of hydrogen-bond acceptors (Lipinski definition) is 1. The van der Waals surface area contributed by atoms with Gasteiger partial charge in [0.1, 0.15) is 0 Å². The summed E-state index contributed by atoms with van der Waals surface area (Å²) in [6.45, 7) is 0. The topological polar surface area (TPSA) is 0 Å². The SMILES string of the molecule is c1cc2c3c(cccc3c1)C1SC1C2. The molecule has 0 amide bonds. The largest absolute Gasteiger partial charge is 0.147 e. The zero-order chi connectivity index (χ0) is 9.12. The molecule has 0 saturated carbocycles. The van der Waals surface area contributed by atoms with Crippen LogP contribution in [0.1, 0.15) is 16.4 Å². The third-order valence-electron chi connectivity index (χ3n) is 3.33. The molecule has 1 aliphatic carbocycles. The minimum Gasteiger partial charge on any atom is -0.147 e. The fourth-order valence-electron chi connectivity index (χ4n) is 2.65. The Labute approximate surface area is 87.3 Å². The second-order valence-corrected chi connectivity index (χ2v) is 5.55. The maximum atomic E-state index is 2.31. The Hall–Kier alpha value is -0.950. The van der Waals surface area contributed by atoms with Crippen LogP contribution in [0.4, 0.5) is 0 Å². The van der Waals surface area contributed by atoms with Crippen LogP contribution in [0.25, 0.3) is 10.8 Å². The normalized spacial score (nSPS) is 27.4. The molecule has 0 N–H and O–H groups in total. The van der Waals surface area contributed by atoms with Crippen molar-refractivity contribution in [1.82, 2.24) is 0 Å². The lowest BCUT2D eigenvalue weighted by molar-refractivity contribution is 0.903. The summed E-state index contributed by atoms with van der Waals surface area (Å²) in [6, 6.07) is 13.5. The lowest BCUT2D eigenvalue weighted by atomic mass is 9.89. The van der Waals surface area contributed by atoms with Crippen LogP contribution >= 0.6 is 11.8 Å². The van der Waals surface area contributed by atoms with Crippen molar-refractivity contribution in [2.24, 2.45) is 0 Å². The average Bonchev–Trinajstić information content (AvgIpc) is 2.98. The summed E-state index contributed by atoms with van der Waals surface area (Å²) in [6.07, 6.45) is 1.28. The summed E-state index contributed by atoms with van der Waals surface area (Å²) in [5.41, 5.74) is 3.14. The van der Waals surface area contributed by atoms with Crippen molar-refractivity contribution < 1.29 is 0 Å². The fourth-order valence-corrected chi connectivity index (χ4v) is 3.79. The van der Waals surface area contributed by atoms with Crippen molar-refractivity contribution in [2.45, 2.75) is 16.9 Å². The van der Waals surface area contributed by atoms with E-state index in [0.717, 1.165) is 10.5 Å². The average molecular weight is 198 g/mol. The minimum atomic E-state index is 0.814. The van der Waals surface area contributed by atoms with E-state index in [1.807, 2.05) is 0 Å². The summed E-state index contributed by atoms with van der Waals surface area (Å²) in [7, 11) is 0. The number of fused-ring (bicyclic) bond motifs is 2. The molecule has 1 fully saturated rings. The van der Waals surface area contributed by atoms with Crippen molar-refractivity contribution in [2.75, 3.05) is 0 Å². The third-order valence-corrected chi connectivity index (χ3v) is 4.68. The third kappa shape index (κ3) is 0.813. The van der Waals surface area contributed by atoms with Gasteiger partial charge in [0.2, 0.25) is 0 Å². The second-order valence-electron chi connectivity index (χ2n) is 4.16. The second kappa shape index (κ2) is 2.34. The lowest BCUT2D eigenvalue weighted by Gasteiger charge is -2.14. The molecule has 1 heteroatoms. The van der Waals surface area contributed by atoms with Crippen LogP contribution in [0.3, 0.4) is 0 Å². The number of hydrogen-bond donors (Lipinski definition) is 0. The Bertz CT molecular complexity index is 524. The van der Waals surface area contributed by atoms with Crippen molar-refractivity contribution in [3.05, 3.63) is 47.5 Å². The van der Waals surface area contributed by atoms with Crippen molar-refractivity contribution in [3.63, 3.8) is 0 Å². The van der Waals surface area contributed by atoms with Crippen molar-refractivity contribution in [1.29, 1.82) is 0 Å². The van der Waals surface area contributed by atoms with Crippen LogP contribution in [0.15, 0.2) is 36.4 Å². The Kier molecular flexibility index (Phi) is 1.23. The smallest absolute Gasteiger partial charge is 0.0429 e. The van der Waals surface area contributed by atoms with E-state index in [1.165, 1.54) is 11.8 Å². The van der Waals surface area contributed by atoms with Gasteiger partial charge in [-0.15, -0.1) is 11.8 Å². The monoisotopic (exact) mass is 198 g/mol. The van der Waals surface area contributed by atoms with E-state index in [-0.39, 0.29) is 0 Å². The van der Waals surface area contributed by atoms with Gasteiger partial charge in [-0.3, -0.25) is 0 Å². The van der Waals surface area contributed by atoms with E-state index in [1.54, 1.807) is 16.5 Å². The van der Waals surface area contributed by atoms with E-state index in [9.17, 15) is 0 Å². The predicted molar refractivity (Wildman–Crippen MR) is 61.8 cm³/mol. The molecule has 4 rings (SSSR count). The first kappa shape index (κ1) is 7.36. The Morgan fingerprint density at radius 1 is 1.07 bits per heavy atom. The van der Waals surface area contributed by atoms with Crippen LogP contribution in [0.5, 0.6) is 0 Å². The van der Waals surface area contributed by atoms with Gasteiger partial charge in [-0.1, -0.05) is 36.4 Å². The molecule has 0 bridgehead atoms. The maximum Gasteiger partial charge on any atom is 0.0429 e. The molecule has 0 aromatic heterocycles. The van der Waals surface area contributed by atoms with Crippen molar-refractivity contribution in [3.8, 4) is 0 Å². The molecular formula is C13H10S. The Balaban J connectivity index is 2.21. The van der Waals surface area contributed by atoms with Crippen LogP contribution in [-0.4, -0.2) is 5.25 Å². The minimum absolute atomic E-state index is 0.814. The molecule has 2 unspecified atom stereocenters. The highest BCUT2D eigenvalue weighted by atomic mass is 32.2. The molecule has 2 aromatic carbocycles. The predicted octanol–water partition coefficient (Wildman–Crippen LogP) is 3.55. The molecular weight excluding hydrogens is 188 g/mol. The standard InChI is InChI=1S/C13H10S/c1-3-8-4-2-6-10-12(8)9(5-1)7-11-13(10)14-11/h1-6,11,13H,7H2. The Morgan fingerprint density at radius 3 is 2.86 bits per heavy atom. The first-order chi connectivity index (χ1) is 6.93. The van der Waals surface area contributed by atoms with Gasteiger partial charge >= 0.3 is 0 Å². The van der Waals surface area contributed by atoms with E-state index < -0.39 is 0 Å². The molecule has 2 atom stereocenters. The molecule has 2 aliphatic rings. The molecule has 14 heavy (non-hydrogen) atoms. The van der Waals surface area contributed by atoms with Crippen LogP contribution in [0, 0.1) is 0 Å². The molecule has 2 aromatic rings. The highest BCUT2D eigenvalue weighted by Gasteiger charge is 2.43. The van der Waals surface area contributed by atoms with Gasteiger partial charge in [-0.05, 0) is 28.3 Å². The van der Waals surface area contributed by atoms with E-state index >= 15 is 0 Å². The number of rotatable bonds is 0. The highest BCUT2D eigenvalue weighted by Crippen LogP contribution is 2.60. The highest BCUT2D eigenvalue weighted by molar-refractivity contribution is 8.07. The molecule has 1 aliphatic heterocycles. The number of thioether (sulfide) groups is 1. The van der Waals surface area contributed by atoms with Gasteiger partial charge < -0.3 is 0 Å². The van der Waals surface area contributed by atoms with Gasteiger partial charge in [0, 0.05) is 10.5 Å². The fraction of sp³-hybridized carbons (Fsp3) is 0.231. The molecule has 0 nitrogen and oxygen atoms in total. The quantitative estimate of drug-likeness (QED) is 0.583. The lowest BCUT2D eigenvalue weighted by Crippen LogP contribution is -2.03. The molecule has 0 spiro atoms. The molecule has 68 valence electrons. The molecule has 0 radical (unpaired) electrons. The van der Waals surface area contributed by atoms with Gasteiger partial charge in [0.05, 0.1) is 0 Å². The van der Waals surface area contributed by atoms with Gasteiger partial charge in [-0.2, -0.15) is 0 Å². The van der Waals surface area contributed by atoms with E-state index in [4.69, 9.17) is 0 Å². The zero-order valence-electron chi connectivity index (χ0n) is 7.73. The summed E-state index contributed by atoms with van der Waals surface area (Å²) in [5.74, 6) is 0. The van der Waals surface area contributed by atoms with Gasteiger partial charge in [0.15, 0.2) is 0 Å². The van der Waals surface area contributed by atoms with Crippen LogP contribution < -0.4 is 0 Å². The summed E-state index contributed by atoms with van der Waals surface area (Å²) >= 11 is 2.13. The number of benzene rings is 2. The van der Waals surface area contributed by atoms with Crippen molar-refractivity contribution >= 4 is 22.5 Å². The Morgan fingerprint density at radius 2 is 1.93 bits per heavy atom. The summed E-state index contributed by atoms with van der Waals surface area (Å²) in [4.78, 5) is 0. The maximum absolute atomic E-state index is 2.31. The first-order valence-electron chi connectivity index (χ1n) is 5.09. The zero-order valence-corrected chi connectivity index (χ0v) is 8.55. The van der Waals surface area contributed by atoms with Gasteiger partial charge in [-0.25, -0.2) is 0 Å². The van der Waals surface area contributed by atoms with Gasteiger partial charge in [0.25, 0.3) is 0 Å². The molecule has 1 saturated heterocycles. The summed E-state index contributed by atoms with van der Waals surface area (Å²) < 4.78 is 0. The first-order valence-corrected chi connectivity index (χ1v) is 6.04. The summed E-state index contributed by atoms with van der Waals surface area (Å²) in [5, 5.41) is 4.66. The molecule has 1 heterocycles. The van der Waals surface area contributed by atoms with E-state index in [0.29, 0.717) is 0 Å². The van der Waals surface area contributed by atoms with Crippen LogP contribution in [-0.2, 0) is 6.42 Å². The van der Waals surface area contributed by atoms with E-state index in [2.05, 4.69) is 48.2 Å². The van der Waals surface area contributed by atoms with Crippen LogP contribution in [0.2, 0.25) is 0 Å².